The third-order valence-electron chi connectivity index (χ3n) is 6.54. The fourth-order valence-electron chi connectivity index (χ4n) is 4.05. The summed E-state index contributed by atoms with van der Waals surface area (Å²) in [6, 6.07) is 29.9. The summed E-state index contributed by atoms with van der Waals surface area (Å²) in [5.41, 5.74) is 10.9. The molecule has 1 aliphatic rings. The van der Waals surface area contributed by atoms with Crippen LogP contribution in [0.4, 0.5) is 0 Å². The van der Waals surface area contributed by atoms with E-state index < -0.39 is 0 Å². The van der Waals surface area contributed by atoms with Crippen LogP contribution in [-0.2, 0) is 11.8 Å². The molecular formula is C40H56N2. The average molecular weight is 565 g/mol. The lowest BCUT2D eigenvalue weighted by Gasteiger charge is -2.18. The largest absolute Gasteiger partial charge is 0.361 e. The minimum Gasteiger partial charge on any atom is -0.361 e. The number of rotatable bonds is 3. The van der Waals surface area contributed by atoms with Crippen molar-refractivity contribution in [1.29, 1.82) is 5.41 Å². The van der Waals surface area contributed by atoms with Gasteiger partial charge in [-0.25, -0.2) is 0 Å². The third-order valence-corrected chi connectivity index (χ3v) is 6.54. The van der Waals surface area contributed by atoms with Crippen LogP contribution in [0.25, 0.3) is 22.4 Å². The lowest BCUT2D eigenvalue weighted by molar-refractivity contribution is 0.525. The van der Waals surface area contributed by atoms with E-state index in [-0.39, 0.29) is 10.8 Å². The van der Waals surface area contributed by atoms with E-state index >= 15 is 0 Å². The van der Waals surface area contributed by atoms with Crippen LogP contribution in [0.2, 0.25) is 0 Å². The summed E-state index contributed by atoms with van der Waals surface area (Å²) in [5.74, 6) is 0. The molecule has 0 aliphatic heterocycles. The summed E-state index contributed by atoms with van der Waals surface area (Å²) in [4.78, 5) is 3.33. The molecule has 0 amide bonds. The molecule has 2 nitrogen and oxygen atoms in total. The lowest BCUT2D eigenvalue weighted by atomic mass is 9.87. The van der Waals surface area contributed by atoms with Gasteiger partial charge in [-0.1, -0.05) is 161 Å². The van der Waals surface area contributed by atoms with Gasteiger partial charge in [-0.3, -0.25) is 0 Å². The highest BCUT2D eigenvalue weighted by Gasteiger charge is 2.16. The second-order valence-corrected chi connectivity index (χ2v) is 12.3. The average Bonchev–Trinajstić information content (AvgIpc) is 3.57. The van der Waals surface area contributed by atoms with Gasteiger partial charge in [0, 0.05) is 18.1 Å². The molecule has 5 rings (SSSR count). The molecule has 0 bridgehead atoms. The fourth-order valence-corrected chi connectivity index (χ4v) is 4.05. The molecule has 1 heterocycles. The van der Waals surface area contributed by atoms with E-state index in [0.29, 0.717) is 0 Å². The van der Waals surface area contributed by atoms with Crippen LogP contribution < -0.4 is 0 Å². The first-order valence-corrected chi connectivity index (χ1v) is 15.5. The summed E-state index contributed by atoms with van der Waals surface area (Å²) < 4.78 is 0. The monoisotopic (exact) mass is 564 g/mol. The maximum atomic E-state index is 7.02. The number of hydrogen-bond acceptors (Lipinski definition) is 1. The van der Waals surface area contributed by atoms with Crippen molar-refractivity contribution in [3.8, 4) is 22.4 Å². The molecule has 0 radical (unpaired) electrons. The zero-order chi connectivity index (χ0) is 31.8. The van der Waals surface area contributed by atoms with Crippen molar-refractivity contribution in [2.75, 3.05) is 0 Å². The van der Waals surface area contributed by atoms with Crippen molar-refractivity contribution in [3.63, 3.8) is 0 Å². The standard InChI is InChI=1S/C14H17N.C13H10.C8H15N.C3H8.C2H6/c1-14(2,3)12-9-13(15-10-12)11-7-5-4-6-8-11;1-2-4-10(5-3-1)11-6-7-12-9-13(12)8-11;1-5-7(6-9)8(2,3)4;1-3-2;1-2/h4-10,15H,1-3H3;1-8H,9H2;5-6,9H,1-4H3;3H2,1-2H3;1-2H3/b;;7-5+,9-6?;;. The molecule has 1 aromatic heterocycles. The Morgan fingerprint density at radius 1 is 0.738 bits per heavy atom. The van der Waals surface area contributed by atoms with Gasteiger partial charge in [0.05, 0.1) is 0 Å². The molecule has 0 atom stereocenters. The van der Waals surface area contributed by atoms with Gasteiger partial charge in [0.2, 0.25) is 0 Å². The summed E-state index contributed by atoms with van der Waals surface area (Å²) in [6.07, 6.45) is 7.95. The fraction of sp³-hybridized carbons (Fsp3) is 0.375. The molecule has 0 unspecified atom stereocenters. The molecule has 3 aromatic carbocycles. The van der Waals surface area contributed by atoms with Crippen LogP contribution in [0.1, 0.15) is 99.3 Å². The highest BCUT2D eigenvalue weighted by molar-refractivity contribution is 5.77. The highest BCUT2D eigenvalue weighted by atomic mass is 14.7. The number of hydrogen-bond donors (Lipinski definition) is 2. The minimum absolute atomic E-state index is 0.135. The second-order valence-electron chi connectivity index (χ2n) is 12.3. The van der Waals surface area contributed by atoms with Gasteiger partial charge in [0.25, 0.3) is 0 Å². The normalized spacial score (nSPS) is 11.5. The van der Waals surface area contributed by atoms with Gasteiger partial charge in [0.1, 0.15) is 0 Å². The van der Waals surface area contributed by atoms with E-state index in [4.69, 9.17) is 5.41 Å². The zero-order valence-corrected chi connectivity index (χ0v) is 28.2. The predicted molar refractivity (Wildman–Crippen MR) is 189 cm³/mol. The Balaban J connectivity index is 0.000000300. The van der Waals surface area contributed by atoms with E-state index in [1.165, 1.54) is 58.1 Å². The van der Waals surface area contributed by atoms with Crippen LogP contribution in [0.3, 0.4) is 0 Å². The van der Waals surface area contributed by atoms with Crippen molar-refractivity contribution in [2.45, 2.75) is 94.4 Å². The SMILES string of the molecule is C/C=C(\C=N)C(C)(C)C.CC.CC(C)(C)c1c[nH]c(-c2ccccc2)c1.CCC.c1ccc(-c2ccc3c(c2)C3)cc1. The Morgan fingerprint density at radius 2 is 1.26 bits per heavy atom. The first-order valence-electron chi connectivity index (χ1n) is 15.5. The van der Waals surface area contributed by atoms with Gasteiger partial charge in [-0.2, -0.15) is 0 Å². The number of aromatic nitrogens is 1. The van der Waals surface area contributed by atoms with Crippen molar-refractivity contribution < 1.29 is 0 Å². The molecule has 1 aliphatic carbocycles. The molecule has 0 spiro atoms. The third kappa shape index (κ3) is 12.5. The molecular weight excluding hydrogens is 508 g/mol. The van der Waals surface area contributed by atoms with E-state index in [1.54, 1.807) is 0 Å². The zero-order valence-electron chi connectivity index (χ0n) is 28.2. The van der Waals surface area contributed by atoms with Gasteiger partial charge in [-0.05, 0) is 69.2 Å². The summed E-state index contributed by atoms with van der Waals surface area (Å²) in [7, 11) is 0. The predicted octanol–water partition coefficient (Wildman–Crippen LogP) is 12.3. The van der Waals surface area contributed by atoms with Crippen LogP contribution >= 0.6 is 0 Å². The summed E-state index contributed by atoms with van der Waals surface area (Å²) in [5, 5.41) is 7.02. The first kappa shape index (κ1) is 36.4. The highest BCUT2D eigenvalue weighted by Crippen LogP contribution is 2.32. The number of H-pyrrole nitrogens is 1. The topological polar surface area (TPSA) is 39.6 Å². The van der Waals surface area contributed by atoms with Crippen LogP contribution in [0.5, 0.6) is 0 Å². The van der Waals surface area contributed by atoms with Crippen molar-refractivity contribution >= 4 is 6.21 Å². The van der Waals surface area contributed by atoms with Gasteiger partial charge in [0.15, 0.2) is 0 Å². The minimum atomic E-state index is 0.135. The second kappa shape index (κ2) is 18.0. The molecule has 42 heavy (non-hydrogen) atoms. The van der Waals surface area contributed by atoms with Gasteiger partial charge >= 0.3 is 0 Å². The Morgan fingerprint density at radius 3 is 1.64 bits per heavy atom. The lowest BCUT2D eigenvalue weighted by Crippen LogP contribution is -2.09. The van der Waals surface area contributed by atoms with Crippen molar-refractivity contribution in [2.24, 2.45) is 5.41 Å². The molecule has 2 N–H and O–H groups in total. The van der Waals surface area contributed by atoms with E-state index in [2.05, 4.69) is 145 Å². The molecule has 2 heteroatoms. The Bertz CT molecular complexity index is 1330. The Labute approximate surface area is 257 Å². The smallest absolute Gasteiger partial charge is 0.0456 e. The van der Waals surface area contributed by atoms with Gasteiger partial charge < -0.3 is 10.4 Å². The quantitative estimate of drug-likeness (QED) is 0.205. The van der Waals surface area contributed by atoms with Crippen molar-refractivity contribution in [3.05, 3.63) is 119 Å². The Kier molecular flexibility index (Phi) is 15.6. The summed E-state index contributed by atoms with van der Waals surface area (Å²) in [6.45, 7) is 23.2. The number of aromatic amines is 1. The number of nitrogens with one attached hydrogen (secondary N) is 2. The molecule has 0 saturated heterocycles. The molecule has 0 saturated carbocycles. The maximum Gasteiger partial charge on any atom is 0.0456 e. The van der Waals surface area contributed by atoms with Crippen molar-refractivity contribution in [1.82, 2.24) is 4.98 Å². The van der Waals surface area contributed by atoms with E-state index in [1.807, 2.05) is 32.9 Å². The van der Waals surface area contributed by atoms with Crippen LogP contribution in [0, 0.1) is 10.8 Å². The first-order chi connectivity index (χ1) is 19.9. The van der Waals surface area contributed by atoms with Crippen LogP contribution in [-0.4, -0.2) is 11.2 Å². The van der Waals surface area contributed by atoms with E-state index in [9.17, 15) is 0 Å². The summed E-state index contributed by atoms with van der Waals surface area (Å²) >= 11 is 0. The van der Waals surface area contributed by atoms with Gasteiger partial charge in [-0.15, -0.1) is 0 Å². The number of allylic oxidation sites excluding steroid dienone is 2. The van der Waals surface area contributed by atoms with Crippen LogP contribution in [0.15, 0.2) is 103 Å². The number of fused-ring (bicyclic) bond motifs is 1. The molecule has 0 fully saturated rings. The molecule has 226 valence electrons. The Hall–Kier alpha value is -3.65. The maximum absolute atomic E-state index is 7.02. The molecule has 4 aromatic rings. The number of benzene rings is 3. The van der Waals surface area contributed by atoms with E-state index in [0.717, 1.165) is 5.57 Å².